The van der Waals surface area contributed by atoms with Crippen molar-refractivity contribution in [3.8, 4) is 5.75 Å². The lowest BCUT2D eigenvalue weighted by atomic mass is 9.95. The minimum absolute atomic E-state index is 0.0116. The second kappa shape index (κ2) is 18.2. The van der Waals surface area contributed by atoms with Crippen molar-refractivity contribution in [3.63, 3.8) is 0 Å². The lowest BCUT2D eigenvalue weighted by Crippen LogP contribution is -2.44. The molecule has 0 aromatic heterocycles. The Morgan fingerprint density at radius 3 is 2.14 bits per heavy atom. The van der Waals surface area contributed by atoms with E-state index in [1.165, 1.54) is 23.8 Å². The zero-order valence-corrected chi connectivity index (χ0v) is 29.1. The summed E-state index contributed by atoms with van der Waals surface area (Å²) in [6.45, 7) is 3.30. The van der Waals surface area contributed by atoms with Gasteiger partial charge in [0.1, 0.15) is 12.4 Å². The van der Waals surface area contributed by atoms with Gasteiger partial charge in [0.2, 0.25) is 11.8 Å². The average molecular weight is 698 g/mol. The van der Waals surface area contributed by atoms with E-state index in [1.54, 1.807) is 31.4 Å². The van der Waals surface area contributed by atoms with Crippen molar-refractivity contribution in [2.24, 2.45) is 0 Å². The zero-order chi connectivity index (χ0) is 35.3. The maximum atomic E-state index is 13.6. The van der Waals surface area contributed by atoms with E-state index in [0.29, 0.717) is 22.9 Å². The fourth-order valence-corrected chi connectivity index (χ4v) is 5.80. The van der Waals surface area contributed by atoms with Crippen molar-refractivity contribution < 1.29 is 38.1 Å². The number of halogens is 1. The quantitative estimate of drug-likeness (QED) is 0.208. The fourth-order valence-electron chi connectivity index (χ4n) is 5.55. The third-order valence-electron chi connectivity index (χ3n) is 8.11. The number of rotatable bonds is 16. The van der Waals surface area contributed by atoms with Gasteiger partial charge in [-0.3, -0.25) is 9.59 Å². The molecule has 4 amide bonds. The van der Waals surface area contributed by atoms with E-state index >= 15 is 0 Å². The van der Waals surface area contributed by atoms with Crippen molar-refractivity contribution in [1.82, 2.24) is 15.1 Å². The molecular formula is C35H44ClN5O8. The van der Waals surface area contributed by atoms with Gasteiger partial charge in [0.05, 0.1) is 19.8 Å². The molecule has 0 bridgehead atoms. The molecule has 1 heterocycles. The van der Waals surface area contributed by atoms with Crippen molar-refractivity contribution in [1.29, 1.82) is 0 Å². The van der Waals surface area contributed by atoms with Crippen molar-refractivity contribution in [2.75, 3.05) is 89.8 Å². The molecule has 0 aliphatic carbocycles. The molecule has 264 valence electrons. The van der Waals surface area contributed by atoms with Crippen LogP contribution in [0.4, 0.5) is 21.0 Å². The Morgan fingerprint density at radius 2 is 1.53 bits per heavy atom. The van der Waals surface area contributed by atoms with Gasteiger partial charge in [-0.2, -0.15) is 0 Å². The summed E-state index contributed by atoms with van der Waals surface area (Å²) >= 11 is 6.32. The van der Waals surface area contributed by atoms with Crippen LogP contribution < -0.4 is 20.3 Å². The topological polar surface area (TPSA) is 139 Å². The van der Waals surface area contributed by atoms with E-state index in [1.807, 2.05) is 37.4 Å². The molecule has 0 unspecified atom stereocenters. The van der Waals surface area contributed by atoms with E-state index in [0.717, 1.165) is 28.6 Å². The number of amides is 4. The van der Waals surface area contributed by atoms with E-state index in [2.05, 4.69) is 15.5 Å². The van der Waals surface area contributed by atoms with Gasteiger partial charge in [0, 0.05) is 95.5 Å². The number of anilines is 2. The molecular weight excluding hydrogens is 654 g/mol. The van der Waals surface area contributed by atoms with E-state index in [9.17, 15) is 19.2 Å². The van der Waals surface area contributed by atoms with Gasteiger partial charge < -0.3 is 44.3 Å². The molecule has 0 radical (unpaired) electrons. The number of methoxy groups -OCH3 is 2. The van der Waals surface area contributed by atoms with Gasteiger partial charge in [-0.25, -0.2) is 9.59 Å². The van der Waals surface area contributed by atoms with Crippen LogP contribution in [-0.4, -0.2) is 113 Å². The summed E-state index contributed by atoms with van der Waals surface area (Å²) in [6, 6.07) is 16.5. The Bertz CT molecular complexity index is 1600. The summed E-state index contributed by atoms with van der Waals surface area (Å²) in [5.74, 6) is 0.439. The molecule has 0 saturated carbocycles. The Balaban J connectivity index is 1.40. The Morgan fingerprint density at radius 1 is 0.898 bits per heavy atom. The molecule has 13 nitrogen and oxygen atoms in total. The highest BCUT2D eigenvalue weighted by Gasteiger charge is 2.30. The summed E-state index contributed by atoms with van der Waals surface area (Å²) in [4.78, 5) is 54.9. The number of benzene rings is 3. The fraction of sp³-hybridized carbons (Fsp3) is 0.429. The minimum Gasteiger partial charge on any atom is -0.445 e. The second-order valence-electron chi connectivity index (χ2n) is 11.6. The number of hydrogen-bond donors (Lipinski definition) is 2. The van der Waals surface area contributed by atoms with Crippen LogP contribution >= 0.6 is 11.6 Å². The van der Waals surface area contributed by atoms with Crippen LogP contribution in [0.1, 0.15) is 24.0 Å². The monoisotopic (exact) mass is 697 g/mol. The van der Waals surface area contributed by atoms with Crippen molar-refractivity contribution in [3.05, 3.63) is 65.7 Å². The van der Waals surface area contributed by atoms with E-state index in [4.69, 9.17) is 30.5 Å². The van der Waals surface area contributed by atoms with Gasteiger partial charge in [-0.05, 0) is 28.6 Å². The van der Waals surface area contributed by atoms with Gasteiger partial charge in [0.25, 0.3) is 0 Å². The first-order valence-corrected chi connectivity index (χ1v) is 16.5. The van der Waals surface area contributed by atoms with Crippen molar-refractivity contribution in [2.45, 2.75) is 19.4 Å². The smallest absolute Gasteiger partial charge is 0.415 e. The highest BCUT2D eigenvalue weighted by Crippen LogP contribution is 2.44. The van der Waals surface area contributed by atoms with Crippen LogP contribution in [0.15, 0.2) is 54.6 Å². The first-order chi connectivity index (χ1) is 23.6. The summed E-state index contributed by atoms with van der Waals surface area (Å²) in [6.07, 6.45) is -1.15. The Hall–Kier alpha value is -4.59. The number of carbonyl (C=O) groups excluding carboxylic acids is 4. The molecule has 1 atom stereocenters. The summed E-state index contributed by atoms with van der Waals surface area (Å²) in [5.41, 5.74) is 3.37. The van der Waals surface area contributed by atoms with Crippen LogP contribution in [0.5, 0.6) is 5.75 Å². The molecule has 49 heavy (non-hydrogen) atoms. The zero-order valence-electron chi connectivity index (χ0n) is 28.3. The number of fused-ring (bicyclic) bond motifs is 3. The normalized spacial score (nSPS) is 13.5. The molecule has 0 spiro atoms. The number of carbonyl (C=O) groups is 4. The molecule has 1 aliphatic heterocycles. The van der Waals surface area contributed by atoms with Gasteiger partial charge >= 0.3 is 12.2 Å². The number of ether oxygens (including phenoxy) is 4. The lowest BCUT2D eigenvalue weighted by Gasteiger charge is -2.27. The first-order valence-electron chi connectivity index (χ1n) is 16.0. The third kappa shape index (κ3) is 10.2. The number of alkyl halides is 1. The van der Waals surface area contributed by atoms with Crippen LogP contribution in [-0.2, 0) is 30.4 Å². The summed E-state index contributed by atoms with van der Waals surface area (Å²) in [5, 5.41) is 6.93. The third-order valence-corrected chi connectivity index (χ3v) is 8.48. The van der Waals surface area contributed by atoms with Gasteiger partial charge in [0.15, 0.2) is 0 Å². The second-order valence-corrected chi connectivity index (χ2v) is 11.9. The van der Waals surface area contributed by atoms with Crippen molar-refractivity contribution >= 4 is 57.7 Å². The molecule has 0 fully saturated rings. The molecule has 3 aromatic rings. The first kappa shape index (κ1) is 37.2. The van der Waals surface area contributed by atoms with E-state index < -0.39 is 12.2 Å². The highest BCUT2D eigenvalue weighted by molar-refractivity contribution is 6.18. The molecule has 3 aromatic carbocycles. The highest BCUT2D eigenvalue weighted by atomic mass is 35.5. The summed E-state index contributed by atoms with van der Waals surface area (Å²) in [7, 11) is 5.09. The predicted octanol–water partition coefficient (Wildman–Crippen LogP) is 4.42. The van der Waals surface area contributed by atoms with Gasteiger partial charge in [-0.1, -0.05) is 36.4 Å². The molecule has 4 rings (SSSR count). The average Bonchev–Trinajstić information content (AvgIpc) is 3.43. The summed E-state index contributed by atoms with van der Waals surface area (Å²) < 4.78 is 22.1. The van der Waals surface area contributed by atoms with E-state index in [-0.39, 0.29) is 70.3 Å². The SMILES string of the molecule is COCCN(CCN(CCOC)C(=O)Oc1cc2c(c3ccccc13)[C@H](CCl)CN2C)C(=O)OCc1ccc(NC(=O)CNC(C)=O)cc1. The van der Waals surface area contributed by atoms with Gasteiger partial charge in [-0.15, -0.1) is 11.6 Å². The Kier molecular flexibility index (Phi) is 13.9. The standard InChI is InChI=1S/C35H44ClN5O8/c1-24(42)37-21-32(43)38-27-11-9-25(10-12-27)23-48-34(44)40(15-17-46-3)13-14-41(16-18-47-4)35(45)49-31-19-30-33(26(20-36)22-39(30)2)29-8-6-5-7-28(29)31/h5-12,19,26H,13-18,20-23H2,1-4H3,(H,37,42)(H,38,43)/t26-/m1/s1. The molecule has 1 aliphatic rings. The molecule has 0 saturated heterocycles. The number of hydrogen-bond acceptors (Lipinski definition) is 9. The van der Waals surface area contributed by atoms with Crippen LogP contribution in [0, 0.1) is 0 Å². The number of nitrogens with zero attached hydrogens (tertiary/aromatic N) is 3. The van der Waals surface area contributed by atoms with Crippen LogP contribution in [0.3, 0.4) is 0 Å². The number of nitrogens with one attached hydrogen (secondary N) is 2. The number of likely N-dealkylation sites (N-methyl/N-ethyl adjacent to an activating group) is 1. The predicted molar refractivity (Wildman–Crippen MR) is 188 cm³/mol. The largest absolute Gasteiger partial charge is 0.445 e. The maximum Gasteiger partial charge on any atom is 0.415 e. The van der Waals surface area contributed by atoms with Crippen LogP contribution in [0.2, 0.25) is 0 Å². The maximum absolute atomic E-state index is 13.6. The lowest BCUT2D eigenvalue weighted by molar-refractivity contribution is -0.122. The Labute approximate surface area is 291 Å². The van der Waals surface area contributed by atoms with Crippen LogP contribution in [0.25, 0.3) is 10.8 Å². The molecule has 2 N–H and O–H groups in total. The minimum atomic E-state index is -0.578. The molecule has 14 heteroatoms.